The summed E-state index contributed by atoms with van der Waals surface area (Å²) in [5.41, 5.74) is 2.47. The number of morpholine rings is 1. The smallest absolute Gasteiger partial charge is 0.317 e. The van der Waals surface area contributed by atoms with Gasteiger partial charge in [-0.25, -0.2) is 4.79 Å². The molecule has 0 saturated carbocycles. The van der Waals surface area contributed by atoms with Crippen molar-refractivity contribution in [1.82, 2.24) is 25.0 Å². The average Bonchev–Trinajstić information content (AvgIpc) is 3.24. The highest BCUT2D eigenvalue weighted by Gasteiger charge is 2.55. The number of urea groups is 1. The Labute approximate surface area is 205 Å². The minimum atomic E-state index is -0.467. The summed E-state index contributed by atoms with van der Waals surface area (Å²) in [6.07, 6.45) is 0.876. The zero-order valence-corrected chi connectivity index (χ0v) is 20.5. The zero-order valence-electron chi connectivity index (χ0n) is 20.5. The van der Waals surface area contributed by atoms with E-state index >= 15 is 0 Å². The van der Waals surface area contributed by atoms with E-state index in [1.54, 1.807) is 7.11 Å². The van der Waals surface area contributed by atoms with Crippen LogP contribution in [0.4, 0.5) is 4.79 Å². The number of aliphatic hydroxyl groups is 1. The Balaban J connectivity index is 1.50. The van der Waals surface area contributed by atoms with Gasteiger partial charge in [0.1, 0.15) is 5.75 Å². The van der Waals surface area contributed by atoms with Crippen LogP contribution in [0.5, 0.6) is 5.75 Å². The standard InChI is InChI=1S/C25H35N5O5/c1-3-6-26-24(33)29-14-25(15-29)16-30(21(32)12-28-7-9-35-10-8-28)20(13-31)23-22(25)18-5-4-17(34-2)11-19(18)27-23/h4-5,11,20,27,31H,3,6-10,12-16H2,1-2H3,(H,26,33)/t20-/m1/s1. The fourth-order valence-electron chi connectivity index (χ4n) is 5.74. The summed E-state index contributed by atoms with van der Waals surface area (Å²) in [7, 11) is 1.63. The molecule has 1 spiro atoms. The second-order valence-electron chi connectivity index (χ2n) is 9.80. The van der Waals surface area contributed by atoms with Gasteiger partial charge in [0.15, 0.2) is 0 Å². The van der Waals surface area contributed by atoms with Crippen molar-refractivity contribution >= 4 is 22.8 Å². The molecular weight excluding hydrogens is 450 g/mol. The van der Waals surface area contributed by atoms with Crippen molar-refractivity contribution in [1.29, 1.82) is 0 Å². The first kappa shape index (κ1) is 23.9. The number of H-pyrrole nitrogens is 1. The van der Waals surface area contributed by atoms with Crippen molar-refractivity contribution in [3.8, 4) is 5.75 Å². The zero-order chi connectivity index (χ0) is 24.6. The van der Waals surface area contributed by atoms with Crippen molar-refractivity contribution in [2.45, 2.75) is 24.8 Å². The Morgan fingerprint density at radius 2 is 2.03 bits per heavy atom. The fourth-order valence-corrected chi connectivity index (χ4v) is 5.74. The van der Waals surface area contributed by atoms with Gasteiger partial charge in [0.25, 0.3) is 0 Å². The molecule has 3 aliphatic rings. The minimum Gasteiger partial charge on any atom is -0.497 e. The van der Waals surface area contributed by atoms with Crippen molar-refractivity contribution in [2.24, 2.45) is 0 Å². The number of fused-ring (bicyclic) bond motifs is 4. The fraction of sp³-hybridized carbons (Fsp3) is 0.600. The van der Waals surface area contributed by atoms with Gasteiger partial charge in [0, 0.05) is 61.9 Å². The highest BCUT2D eigenvalue weighted by Crippen LogP contribution is 2.48. The quantitative estimate of drug-likeness (QED) is 0.564. The first-order chi connectivity index (χ1) is 17.0. The molecule has 4 heterocycles. The maximum atomic E-state index is 13.6. The van der Waals surface area contributed by atoms with Gasteiger partial charge in [-0.2, -0.15) is 0 Å². The largest absolute Gasteiger partial charge is 0.497 e. The van der Waals surface area contributed by atoms with Crippen LogP contribution in [0.2, 0.25) is 0 Å². The SMILES string of the molecule is CCCNC(=O)N1CC2(C1)CN(C(=O)CN1CCOCC1)[C@H](CO)c1[nH]c3cc(OC)ccc3c12. The molecule has 2 fully saturated rings. The number of hydrogen-bond donors (Lipinski definition) is 3. The van der Waals surface area contributed by atoms with E-state index in [0.29, 0.717) is 45.9 Å². The molecule has 3 amide bonds. The van der Waals surface area contributed by atoms with Gasteiger partial charge in [0.2, 0.25) is 5.91 Å². The summed E-state index contributed by atoms with van der Waals surface area (Å²) in [5, 5.41) is 14.4. The van der Waals surface area contributed by atoms with Crippen LogP contribution in [-0.2, 0) is 14.9 Å². The van der Waals surface area contributed by atoms with Crippen molar-refractivity contribution in [3.05, 3.63) is 29.5 Å². The van der Waals surface area contributed by atoms with Crippen LogP contribution < -0.4 is 10.1 Å². The summed E-state index contributed by atoms with van der Waals surface area (Å²) in [6, 6.07) is 5.37. The van der Waals surface area contributed by atoms with Gasteiger partial charge in [-0.3, -0.25) is 9.69 Å². The van der Waals surface area contributed by atoms with Crippen LogP contribution >= 0.6 is 0 Å². The molecule has 2 aromatic rings. The number of methoxy groups -OCH3 is 1. The summed E-state index contributed by atoms with van der Waals surface area (Å²) in [5.74, 6) is 0.723. The molecule has 5 rings (SSSR count). The molecule has 0 radical (unpaired) electrons. The lowest BCUT2D eigenvalue weighted by molar-refractivity contribution is -0.140. The second-order valence-corrected chi connectivity index (χ2v) is 9.80. The lowest BCUT2D eigenvalue weighted by Gasteiger charge is -2.56. The third kappa shape index (κ3) is 4.23. The molecule has 3 N–H and O–H groups in total. The molecule has 10 heteroatoms. The molecule has 1 aromatic carbocycles. The van der Waals surface area contributed by atoms with E-state index in [0.717, 1.165) is 47.4 Å². The summed E-state index contributed by atoms with van der Waals surface area (Å²) in [4.78, 5) is 35.4. The maximum Gasteiger partial charge on any atom is 0.317 e. The Morgan fingerprint density at radius 3 is 2.71 bits per heavy atom. The summed E-state index contributed by atoms with van der Waals surface area (Å²) >= 11 is 0. The molecule has 1 aromatic heterocycles. The van der Waals surface area contributed by atoms with Gasteiger partial charge in [-0.1, -0.05) is 6.92 Å². The van der Waals surface area contributed by atoms with E-state index in [-0.39, 0.29) is 18.5 Å². The number of aromatic nitrogens is 1. The minimum absolute atomic E-state index is 0.0129. The van der Waals surface area contributed by atoms with Crippen molar-refractivity contribution in [3.63, 3.8) is 0 Å². The summed E-state index contributed by atoms with van der Waals surface area (Å²) < 4.78 is 10.8. The van der Waals surface area contributed by atoms with Crippen LogP contribution in [0.3, 0.4) is 0 Å². The van der Waals surface area contributed by atoms with Gasteiger partial charge in [-0.15, -0.1) is 0 Å². The van der Waals surface area contributed by atoms with Crippen LogP contribution in [-0.4, -0.2) is 109 Å². The number of nitrogens with zero attached hydrogens (tertiary/aromatic N) is 3. The van der Waals surface area contributed by atoms with E-state index in [1.807, 2.05) is 34.9 Å². The van der Waals surface area contributed by atoms with Crippen LogP contribution in [0.1, 0.15) is 30.6 Å². The number of rotatable bonds is 6. The molecule has 3 aliphatic heterocycles. The highest BCUT2D eigenvalue weighted by atomic mass is 16.5. The first-order valence-electron chi connectivity index (χ1n) is 12.4. The third-order valence-electron chi connectivity index (χ3n) is 7.50. The first-order valence-corrected chi connectivity index (χ1v) is 12.4. The third-order valence-corrected chi connectivity index (χ3v) is 7.50. The van der Waals surface area contributed by atoms with E-state index in [1.165, 1.54) is 0 Å². The number of carbonyl (C=O) groups excluding carboxylic acids is 2. The molecule has 10 nitrogen and oxygen atoms in total. The number of carbonyl (C=O) groups is 2. The van der Waals surface area contributed by atoms with Crippen molar-refractivity contribution in [2.75, 3.05) is 72.7 Å². The molecule has 0 bridgehead atoms. The normalized spacial score (nSPS) is 21.6. The van der Waals surface area contributed by atoms with E-state index < -0.39 is 11.5 Å². The number of aliphatic hydroxyl groups excluding tert-OH is 1. The van der Waals surface area contributed by atoms with Crippen molar-refractivity contribution < 1.29 is 24.2 Å². The van der Waals surface area contributed by atoms with Gasteiger partial charge in [0.05, 0.1) is 44.9 Å². The number of likely N-dealkylation sites (tertiary alicyclic amines) is 1. The second kappa shape index (κ2) is 9.67. The highest BCUT2D eigenvalue weighted by molar-refractivity contribution is 5.90. The van der Waals surface area contributed by atoms with Crippen LogP contribution in [0.15, 0.2) is 18.2 Å². The molecule has 35 heavy (non-hydrogen) atoms. The molecule has 190 valence electrons. The molecule has 2 saturated heterocycles. The number of ether oxygens (including phenoxy) is 2. The lowest BCUT2D eigenvalue weighted by Crippen LogP contribution is -2.69. The Morgan fingerprint density at radius 1 is 1.26 bits per heavy atom. The Bertz CT molecular complexity index is 1090. The van der Waals surface area contributed by atoms with Gasteiger partial charge in [-0.05, 0) is 24.1 Å². The summed E-state index contributed by atoms with van der Waals surface area (Å²) in [6.45, 7) is 6.97. The molecular formula is C25H35N5O5. The predicted molar refractivity (Wildman–Crippen MR) is 131 cm³/mol. The number of benzene rings is 1. The number of aromatic amines is 1. The molecule has 0 aliphatic carbocycles. The monoisotopic (exact) mass is 485 g/mol. The number of amides is 3. The number of hydrogen-bond acceptors (Lipinski definition) is 6. The van der Waals surface area contributed by atoms with E-state index in [9.17, 15) is 14.7 Å². The van der Waals surface area contributed by atoms with Gasteiger partial charge >= 0.3 is 6.03 Å². The Hall–Kier alpha value is -2.82. The molecule has 0 unspecified atom stereocenters. The lowest BCUT2D eigenvalue weighted by atomic mass is 9.69. The topological polar surface area (TPSA) is 110 Å². The predicted octanol–water partition coefficient (Wildman–Crippen LogP) is 1.06. The average molecular weight is 486 g/mol. The maximum absolute atomic E-state index is 13.6. The van der Waals surface area contributed by atoms with E-state index in [4.69, 9.17) is 9.47 Å². The Kier molecular flexibility index (Phi) is 6.61. The van der Waals surface area contributed by atoms with E-state index in [2.05, 4.69) is 15.2 Å². The number of nitrogens with one attached hydrogen (secondary N) is 2. The van der Waals surface area contributed by atoms with Crippen LogP contribution in [0.25, 0.3) is 10.9 Å². The van der Waals surface area contributed by atoms with Crippen LogP contribution in [0, 0.1) is 0 Å². The molecule has 1 atom stereocenters. The van der Waals surface area contributed by atoms with Gasteiger partial charge < -0.3 is 34.7 Å².